The fourth-order valence-electron chi connectivity index (χ4n) is 2.12. The van der Waals surface area contributed by atoms with Crippen molar-refractivity contribution in [2.24, 2.45) is 5.10 Å². The predicted molar refractivity (Wildman–Crippen MR) is 106 cm³/mol. The number of benzene rings is 2. The first kappa shape index (κ1) is 25.8. The number of alkyl halides is 7. The van der Waals surface area contributed by atoms with E-state index >= 15 is 0 Å². The number of hydrogen-bond donors (Lipinski definition) is 1. The van der Waals surface area contributed by atoms with Crippen molar-refractivity contribution in [3.05, 3.63) is 66.6 Å². The second-order valence-corrected chi connectivity index (χ2v) is 7.81. The van der Waals surface area contributed by atoms with Crippen LogP contribution in [0.4, 0.5) is 36.4 Å². The summed E-state index contributed by atoms with van der Waals surface area (Å²) in [4.78, 5) is 10.5. The van der Waals surface area contributed by atoms with Crippen molar-refractivity contribution in [2.75, 3.05) is 0 Å². The molecule has 0 bridgehead atoms. The molecule has 32 heavy (non-hydrogen) atoms. The van der Waals surface area contributed by atoms with E-state index < -0.39 is 28.8 Å². The maximum Gasteiger partial charge on any atom is 0.462 e. The average Bonchev–Trinajstić information content (AvgIpc) is 2.67. The van der Waals surface area contributed by atoms with Gasteiger partial charge in [0.15, 0.2) is 0 Å². The Morgan fingerprint density at radius 1 is 1.06 bits per heavy atom. The van der Waals surface area contributed by atoms with Crippen LogP contribution in [0.3, 0.4) is 0 Å². The van der Waals surface area contributed by atoms with Crippen LogP contribution in [0.25, 0.3) is 0 Å². The van der Waals surface area contributed by atoms with Gasteiger partial charge in [0.05, 0.1) is 15.6 Å². The Bertz CT molecular complexity index is 1020. The zero-order valence-corrected chi connectivity index (χ0v) is 18.4. The first-order valence-electron chi connectivity index (χ1n) is 8.13. The van der Waals surface area contributed by atoms with Gasteiger partial charge < -0.3 is 4.74 Å². The van der Waals surface area contributed by atoms with Crippen molar-refractivity contribution >= 4 is 43.8 Å². The summed E-state index contributed by atoms with van der Waals surface area (Å²) in [5, 5.41) is 14.0. The highest BCUT2D eigenvalue weighted by Crippen LogP contribution is 2.45. The van der Waals surface area contributed by atoms with Gasteiger partial charge in [-0.1, -0.05) is 28.1 Å². The molecule has 2 rings (SSSR count). The first-order valence-corrected chi connectivity index (χ1v) is 9.72. The molecule has 2 aromatic carbocycles. The second-order valence-electron chi connectivity index (χ2n) is 6.04. The Hall–Kier alpha value is -2.42. The SMILES string of the molecule is O=[N+]([O-])c1cc(/C=N\NC(F)(F)C(F)(F)C(F)(F)F)cc(Br)c1OCc1ccc(Br)cc1. The monoisotopic (exact) mass is 595 g/mol. The first-order chi connectivity index (χ1) is 14.7. The number of rotatable bonds is 8. The predicted octanol–water partition coefficient (Wildman–Crippen LogP) is 6.41. The minimum atomic E-state index is -6.53. The van der Waals surface area contributed by atoms with Crippen LogP contribution in [0, 0.1) is 10.1 Å². The zero-order valence-electron chi connectivity index (χ0n) is 15.3. The van der Waals surface area contributed by atoms with Crippen LogP contribution < -0.4 is 10.2 Å². The van der Waals surface area contributed by atoms with Crippen LogP contribution in [0.15, 0.2) is 50.4 Å². The molecule has 0 aliphatic heterocycles. The van der Waals surface area contributed by atoms with Crippen molar-refractivity contribution in [1.29, 1.82) is 0 Å². The molecule has 0 saturated carbocycles. The maximum atomic E-state index is 13.2. The summed E-state index contributed by atoms with van der Waals surface area (Å²) in [7, 11) is 0. The van der Waals surface area contributed by atoms with E-state index in [9.17, 15) is 40.8 Å². The molecule has 0 unspecified atom stereocenters. The Morgan fingerprint density at radius 2 is 1.66 bits per heavy atom. The summed E-state index contributed by atoms with van der Waals surface area (Å²) >= 11 is 6.25. The van der Waals surface area contributed by atoms with Gasteiger partial charge in [-0.3, -0.25) is 10.1 Å². The quantitative estimate of drug-likeness (QED) is 0.126. The minimum absolute atomic E-state index is 0.0161. The van der Waals surface area contributed by atoms with Crippen molar-refractivity contribution in [3.63, 3.8) is 0 Å². The highest BCUT2D eigenvalue weighted by molar-refractivity contribution is 9.10. The summed E-state index contributed by atoms with van der Waals surface area (Å²) in [6.45, 7) is -0.0690. The van der Waals surface area contributed by atoms with Gasteiger partial charge in [0, 0.05) is 16.1 Å². The summed E-state index contributed by atoms with van der Waals surface area (Å²) in [6, 6.07) is 2.96. The Morgan fingerprint density at radius 3 is 2.19 bits per heavy atom. The van der Waals surface area contributed by atoms with Crippen LogP contribution >= 0.6 is 31.9 Å². The Balaban J connectivity index is 2.23. The molecule has 0 aliphatic rings. The van der Waals surface area contributed by atoms with Crippen molar-refractivity contribution in [2.45, 2.75) is 24.8 Å². The molecule has 15 heteroatoms. The third-order valence-corrected chi connectivity index (χ3v) is 4.83. The van der Waals surface area contributed by atoms with Crippen LogP contribution in [0.2, 0.25) is 0 Å². The molecule has 6 nitrogen and oxygen atoms in total. The van der Waals surface area contributed by atoms with Crippen LogP contribution in [0.5, 0.6) is 5.75 Å². The van der Waals surface area contributed by atoms with E-state index in [1.807, 2.05) is 0 Å². The summed E-state index contributed by atoms with van der Waals surface area (Å²) < 4.78 is 94.7. The van der Waals surface area contributed by atoms with Gasteiger partial charge in [-0.05, 0) is 39.7 Å². The van der Waals surface area contributed by atoms with Gasteiger partial charge in [-0.2, -0.15) is 35.8 Å². The van der Waals surface area contributed by atoms with Crippen molar-refractivity contribution < 1.29 is 40.4 Å². The number of nitro benzene ring substituents is 1. The lowest BCUT2D eigenvalue weighted by Crippen LogP contribution is -2.58. The zero-order chi connectivity index (χ0) is 24.3. The molecule has 174 valence electrons. The standard InChI is InChI=1S/C17H10Br2F7N3O3/c18-11-3-1-9(2-4-11)8-32-14-12(19)5-10(6-13(14)29(30)31)7-27-28-17(25,26)15(20,21)16(22,23)24/h1-7,28H,8H2/b27-7-. The largest absolute Gasteiger partial charge is 0.481 e. The van der Waals surface area contributed by atoms with E-state index in [0.29, 0.717) is 17.2 Å². The number of halogens is 9. The smallest absolute Gasteiger partial charge is 0.462 e. The normalized spacial score (nSPS) is 12.8. The molecule has 0 aromatic heterocycles. The molecule has 0 radical (unpaired) electrons. The number of hydrogen-bond acceptors (Lipinski definition) is 5. The molecule has 0 amide bonds. The number of ether oxygens (including phenoxy) is 1. The number of nitrogens with one attached hydrogen (secondary N) is 1. The van der Waals surface area contributed by atoms with Crippen molar-refractivity contribution in [1.82, 2.24) is 5.43 Å². The van der Waals surface area contributed by atoms with Gasteiger partial charge >= 0.3 is 23.8 Å². The fourth-order valence-corrected chi connectivity index (χ4v) is 2.97. The van der Waals surface area contributed by atoms with Gasteiger partial charge in [0.2, 0.25) is 5.75 Å². The lowest BCUT2D eigenvalue weighted by molar-refractivity contribution is -0.386. The molecular weight excluding hydrogens is 587 g/mol. The molecule has 0 spiro atoms. The average molecular weight is 597 g/mol. The van der Waals surface area contributed by atoms with Crippen LogP contribution in [-0.4, -0.2) is 29.3 Å². The molecule has 2 aromatic rings. The van der Waals surface area contributed by atoms with Crippen LogP contribution in [0.1, 0.15) is 11.1 Å². The third kappa shape index (κ3) is 5.88. The molecule has 0 saturated heterocycles. The molecule has 0 heterocycles. The lowest BCUT2D eigenvalue weighted by atomic mass is 10.2. The van der Waals surface area contributed by atoms with E-state index in [-0.39, 0.29) is 22.4 Å². The topological polar surface area (TPSA) is 76.8 Å². The third-order valence-electron chi connectivity index (χ3n) is 3.71. The fraction of sp³-hybridized carbons (Fsp3) is 0.235. The van der Waals surface area contributed by atoms with E-state index in [1.54, 1.807) is 24.3 Å². The Labute approximate surface area is 191 Å². The molecule has 1 N–H and O–H groups in total. The molecule has 0 atom stereocenters. The van der Waals surface area contributed by atoms with E-state index in [2.05, 4.69) is 37.0 Å². The van der Waals surface area contributed by atoms with E-state index in [1.165, 1.54) is 0 Å². The summed E-state index contributed by atoms with van der Waals surface area (Å²) in [5.74, 6) is -6.63. The van der Waals surface area contributed by atoms with Gasteiger partial charge in [-0.25, -0.2) is 5.43 Å². The van der Waals surface area contributed by atoms with E-state index in [4.69, 9.17) is 4.74 Å². The molecule has 0 aliphatic carbocycles. The minimum Gasteiger partial charge on any atom is -0.481 e. The molecule has 0 fully saturated rings. The highest BCUT2D eigenvalue weighted by atomic mass is 79.9. The van der Waals surface area contributed by atoms with Gasteiger partial charge in [-0.15, -0.1) is 0 Å². The number of nitro groups is 1. The molecular formula is C17H10Br2F7N3O3. The van der Waals surface area contributed by atoms with E-state index in [0.717, 1.165) is 16.6 Å². The van der Waals surface area contributed by atoms with Crippen LogP contribution in [-0.2, 0) is 6.61 Å². The van der Waals surface area contributed by atoms with Gasteiger partial charge in [0.25, 0.3) is 0 Å². The number of hydrazone groups is 1. The van der Waals surface area contributed by atoms with Crippen molar-refractivity contribution in [3.8, 4) is 5.75 Å². The lowest BCUT2D eigenvalue weighted by Gasteiger charge is -2.27. The maximum absolute atomic E-state index is 13.2. The Kier molecular flexibility index (Phi) is 7.75. The number of nitrogens with zero attached hydrogens (tertiary/aromatic N) is 2. The summed E-state index contributed by atoms with van der Waals surface area (Å²) in [5.41, 5.74) is 0.199. The second kappa shape index (κ2) is 9.60. The van der Waals surface area contributed by atoms with Gasteiger partial charge in [0.1, 0.15) is 6.61 Å². The summed E-state index contributed by atoms with van der Waals surface area (Å²) in [6.07, 6.45) is -6.12. The highest BCUT2D eigenvalue weighted by Gasteiger charge is 2.73.